The van der Waals surface area contributed by atoms with E-state index in [1.807, 2.05) is 35.9 Å². The second kappa shape index (κ2) is 6.17. The Morgan fingerprint density at radius 1 is 1.25 bits per heavy atom. The molecule has 1 aliphatic rings. The van der Waals surface area contributed by atoms with E-state index in [4.69, 9.17) is 11.6 Å². The number of amides is 1. The van der Waals surface area contributed by atoms with Gasteiger partial charge in [-0.15, -0.1) is 0 Å². The quantitative estimate of drug-likeness (QED) is 0.511. The van der Waals surface area contributed by atoms with Crippen LogP contribution in [0, 0.1) is 5.82 Å². The summed E-state index contributed by atoms with van der Waals surface area (Å²) in [7, 11) is 0. The Balaban J connectivity index is 1.62. The molecule has 0 bridgehead atoms. The number of rotatable bonds is 2. The molecular weight excluding hydrogens is 381 g/mol. The average Bonchev–Trinajstić information content (AvgIpc) is 3.33. The van der Waals surface area contributed by atoms with Crippen LogP contribution in [0.5, 0.6) is 0 Å². The zero-order valence-corrected chi connectivity index (χ0v) is 15.6. The topological polar surface area (TPSA) is 55.4 Å². The first-order valence-electron chi connectivity index (χ1n) is 8.80. The molecule has 0 fully saturated rings. The predicted octanol–water partition coefficient (Wildman–Crippen LogP) is 4.21. The van der Waals surface area contributed by atoms with E-state index >= 15 is 0 Å². The highest BCUT2D eigenvalue weighted by Gasteiger charge is 2.34. The van der Waals surface area contributed by atoms with Crippen LogP contribution in [0.4, 0.5) is 10.1 Å². The molecule has 3 aromatic heterocycles. The number of hydrogen-bond acceptors (Lipinski definition) is 3. The van der Waals surface area contributed by atoms with Gasteiger partial charge in [0.05, 0.1) is 17.3 Å². The number of hydrogen-bond donors (Lipinski definition) is 0. The van der Waals surface area contributed by atoms with Crippen molar-refractivity contribution in [3.63, 3.8) is 0 Å². The zero-order chi connectivity index (χ0) is 19.4. The van der Waals surface area contributed by atoms with E-state index in [2.05, 4.69) is 10.1 Å². The first-order valence-corrected chi connectivity index (χ1v) is 9.18. The van der Waals surface area contributed by atoms with Gasteiger partial charge >= 0.3 is 0 Å². The summed E-state index contributed by atoms with van der Waals surface area (Å²) in [5, 5.41) is 4.47. The van der Waals surface area contributed by atoms with Gasteiger partial charge in [0, 0.05) is 41.9 Å². The Hall–Kier alpha value is -3.19. The number of carbonyl (C=O) groups is 1. The number of imidazole rings is 1. The highest BCUT2D eigenvalue weighted by molar-refractivity contribution is 6.30. The van der Waals surface area contributed by atoms with Crippen LogP contribution < -0.4 is 4.90 Å². The van der Waals surface area contributed by atoms with Crippen LogP contribution in [0.25, 0.3) is 16.8 Å². The van der Waals surface area contributed by atoms with Crippen molar-refractivity contribution in [1.82, 2.24) is 19.2 Å². The minimum Gasteiger partial charge on any atom is -0.306 e. The molecule has 0 aliphatic carbocycles. The van der Waals surface area contributed by atoms with Crippen molar-refractivity contribution >= 4 is 28.8 Å². The van der Waals surface area contributed by atoms with E-state index in [0.717, 1.165) is 16.8 Å². The molecule has 1 aliphatic heterocycles. The summed E-state index contributed by atoms with van der Waals surface area (Å²) >= 11 is 5.79. The Morgan fingerprint density at radius 2 is 2.11 bits per heavy atom. The Bertz CT molecular complexity index is 1230. The molecule has 1 atom stereocenters. The van der Waals surface area contributed by atoms with E-state index in [-0.39, 0.29) is 17.0 Å². The van der Waals surface area contributed by atoms with E-state index in [1.165, 1.54) is 12.1 Å². The fourth-order valence-corrected chi connectivity index (χ4v) is 3.75. The fourth-order valence-electron chi connectivity index (χ4n) is 3.63. The molecule has 140 valence electrons. The third-order valence-electron chi connectivity index (χ3n) is 5.02. The molecule has 0 saturated carbocycles. The van der Waals surface area contributed by atoms with Crippen molar-refractivity contribution in [2.45, 2.75) is 13.0 Å². The van der Waals surface area contributed by atoms with Gasteiger partial charge in [-0.25, -0.2) is 9.37 Å². The summed E-state index contributed by atoms with van der Waals surface area (Å²) in [5.41, 5.74) is 3.36. The second-order valence-electron chi connectivity index (χ2n) is 6.83. The highest BCUT2D eigenvalue weighted by atomic mass is 35.5. The summed E-state index contributed by atoms with van der Waals surface area (Å²) in [4.78, 5) is 19.1. The van der Waals surface area contributed by atoms with Gasteiger partial charge in [0.25, 0.3) is 5.91 Å². The van der Waals surface area contributed by atoms with E-state index < -0.39 is 5.82 Å². The molecule has 5 rings (SSSR count). The number of carbonyl (C=O) groups excluding carboxylic acids is 1. The maximum absolute atomic E-state index is 14.0. The second-order valence-corrected chi connectivity index (χ2v) is 7.23. The summed E-state index contributed by atoms with van der Waals surface area (Å²) in [6.07, 6.45) is 7.19. The molecule has 6 nitrogen and oxygen atoms in total. The number of anilines is 1. The van der Waals surface area contributed by atoms with Crippen molar-refractivity contribution in [2.24, 2.45) is 0 Å². The maximum Gasteiger partial charge on any atom is 0.277 e. The molecule has 28 heavy (non-hydrogen) atoms. The molecule has 0 saturated heterocycles. The van der Waals surface area contributed by atoms with Gasteiger partial charge in [0.1, 0.15) is 17.2 Å². The van der Waals surface area contributed by atoms with Gasteiger partial charge < -0.3 is 9.30 Å². The SMILES string of the molecule is C[C@H]1CN(c2ccc(Cl)c(F)c2)C(=O)c2c(-c3ccc4nccn4c3)cnn21. The number of aromatic nitrogens is 4. The largest absolute Gasteiger partial charge is 0.306 e. The van der Waals surface area contributed by atoms with Crippen molar-refractivity contribution in [2.75, 3.05) is 11.4 Å². The summed E-state index contributed by atoms with van der Waals surface area (Å²) in [5.74, 6) is -0.775. The smallest absolute Gasteiger partial charge is 0.277 e. The molecule has 4 aromatic rings. The molecule has 0 N–H and O–H groups in total. The lowest BCUT2D eigenvalue weighted by molar-refractivity contribution is 0.0954. The lowest BCUT2D eigenvalue weighted by Gasteiger charge is -2.32. The first-order chi connectivity index (χ1) is 13.5. The highest BCUT2D eigenvalue weighted by Crippen LogP contribution is 2.33. The van der Waals surface area contributed by atoms with Crippen LogP contribution >= 0.6 is 11.6 Å². The Labute approximate surface area is 164 Å². The van der Waals surface area contributed by atoms with Crippen LogP contribution in [0.15, 0.2) is 55.1 Å². The van der Waals surface area contributed by atoms with Gasteiger partial charge in [-0.05, 0) is 37.3 Å². The maximum atomic E-state index is 14.0. The van der Waals surface area contributed by atoms with Gasteiger partial charge in [-0.3, -0.25) is 9.48 Å². The average molecular weight is 396 g/mol. The van der Waals surface area contributed by atoms with E-state index in [1.54, 1.807) is 28.0 Å². The number of pyridine rings is 1. The van der Waals surface area contributed by atoms with Crippen molar-refractivity contribution in [3.05, 3.63) is 71.7 Å². The molecule has 0 spiro atoms. The summed E-state index contributed by atoms with van der Waals surface area (Å²) < 4.78 is 17.6. The van der Waals surface area contributed by atoms with E-state index in [9.17, 15) is 9.18 Å². The number of benzene rings is 1. The van der Waals surface area contributed by atoms with Crippen LogP contribution in [-0.4, -0.2) is 31.6 Å². The third-order valence-corrected chi connectivity index (χ3v) is 5.33. The minimum absolute atomic E-state index is 0.0284. The first kappa shape index (κ1) is 16.9. The van der Waals surface area contributed by atoms with Crippen LogP contribution in [0.3, 0.4) is 0 Å². The van der Waals surface area contributed by atoms with Crippen LogP contribution in [0.2, 0.25) is 5.02 Å². The van der Waals surface area contributed by atoms with Crippen molar-refractivity contribution in [3.8, 4) is 11.1 Å². The summed E-state index contributed by atoms with van der Waals surface area (Å²) in [6, 6.07) is 8.15. The number of fused-ring (bicyclic) bond motifs is 2. The van der Waals surface area contributed by atoms with Gasteiger partial charge in [0.2, 0.25) is 0 Å². The van der Waals surface area contributed by atoms with Gasteiger partial charge in [-0.1, -0.05) is 11.6 Å². The predicted molar refractivity (Wildman–Crippen MR) is 104 cm³/mol. The minimum atomic E-state index is -0.551. The Kier molecular flexibility index (Phi) is 3.73. The van der Waals surface area contributed by atoms with Crippen molar-refractivity contribution < 1.29 is 9.18 Å². The zero-order valence-electron chi connectivity index (χ0n) is 14.9. The monoisotopic (exact) mass is 395 g/mol. The lowest BCUT2D eigenvalue weighted by Crippen LogP contribution is -2.42. The molecule has 1 amide bonds. The molecule has 8 heteroatoms. The standard InChI is InChI=1S/C20H15ClFN5O/c1-12-10-26(14-3-4-16(21)17(22)8-14)20(28)19-15(9-24-27(12)19)13-2-5-18-23-6-7-25(18)11-13/h2-9,11-12H,10H2,1H3/t12-/m0/s1. The molecule has 4 heterocycles. The molecule has 0 radical (unpaired) electrons. The van der Waals surface area contributed by atoms with Crippen molar-refractivity contribution in [1.29, 1.82) is 0 Å². The van der Waals surface area contributed by atoms with Crippen LogP contribution in [-0.2, 0) is 0 Å². The third kappa shape index (κ3) is 2.51. The van der Waals surface area contributed by atoms with Crippen LogP contribution in [0.1, 0.15) is 23.5 Å². The fraction of sp³-hybridized carbons (Fsp3) is 0.150. The van der Waals surface area contributed by atoms with E-state index in [0.29, 0.717) is 17.9 Å². The van der Waals surface area contributed by atoms with Gasteiger partial charge in [0.15, 0.2) is 0 Å². The summed E-state index contributed by atoms with van der Waals surface area (Å²) in [6.45, 7) is 2.37. The number of halogens is 2. The Morgan fingerprint density at radius 3 is 2.93 bits per heavy atom. The van der Waals surface area contributed by atoms with Gasteiger partial charge in [-0.2, -0.15) is 5.10 Å². The number of nitrogens with zero attached hydrogens (tertiary/aromatic N) is 5. The lowest BCUT2D eigenvalue weighted by atomic mass is 10.0. The molecular formula is C20H15ClFN5O. The normalized spacial score (nSPS) is 16.6. The molecule has 0 unspecified atom stereocenters. The molecule has 1 aromatic carbocycles.